The zero-order valence-corrected chi connectivity index (χ0v) is 14.8. The lowest BCUT2D eigenvalue weighted by molar-refractivity contribution is -0.134. The molecule has 4 nitrogen and oxygen atoms in total. The van der Waals surface area contributed by atoms with E-state index in [4.69, 9.17) is 32.4 Å². The fourth-order valence-corrected chi connectivity index (χ4v) is 2.56. The van der Waals surface area contributed by atoms with Gasteiger partial charge in [-0.3, -0.25) is 4.79 Å². The van der Waals surface area contributed by atoms with Gasteiger partial charge in [-0.05, 0) is 36.8 Å². The van der Waals surface area contributed by atoms with Crippen molar-refractivity contribution in [1.82, 2.24) is 4.98 Å². The standard InChI is InChI=1S/C19H15Cl2NO3/c20-15-10-9-13(11-16(15)21)17-12-22-18(25-17)7-4-8-19(23)24-14-5-2-1-3-6-14/h1-3,5-6,9-12H,4,7-8H2. The van der Waals surface area contributed by atoms with Crippen molar-refractivity contribution in [2.24, 2.45) is 0 Å². The predicted octanol–water partition coefficient (Wildman–Crippen LogP) is 5.58. The molecule has 0 amide bonds. The molecule has 0 unspecified atom stereocenters. The highest BCUT2D eigenvalue weighted by Gasteiger charge is 2.10. The third-order valence-electron chi connectivity index (χ3n) is 3.50. The number of carbonyl (C=O) groups is 1. The summed E-state index contributed by atoms with van der Waals surface area (Å²) in [5, 5.41) is 0.947. The number of nitrogens with zero attached hydrogens (tertiary/aromatic N) is 1. The number of aryl methyl sites for hydroxylation is 1. The Hall–Kier alpha value is -2.30. The molecule has 3 rings (SSSR count). The number of benzene rings is 2. The SMILES string of the molecule is O=C(CCCc1ncc(-c2ccc(Cl)c(Cl)c2)o1)Oc1ccccc1. The molecule has 0 spiro atoms. The highest BCUT2D eigenvalue weighted by molar-refractivity contribution is 6.42. The van der Waals surface area contributed by atoms with Crippen LogP contribution >= 0.6 is 23.2 Å². The summed E-state index contributed by atoms with van der Waals surface area (Å²) in [6, 6.07) is 14.2. The average Bonchev–Trinajstić information content (AvgIpc) is 3.07. The van der Waals surface area contributed by atoms with Crippen molar-refractivity contribution in [3.05, 3.63) is 70.7 Å². The van der Waals surface area contributed by atoms with Crippen LogP contribution in [0.4, 0.5) is 0 Å². The Bertz CT molecular complexity index is 862. The number of carbonyl (C=O) groups excluding carboxylic acids is 1. The summed E-state index contributed by atoms with van der Waals surface area (Å²) < 4.78 is 10.9. The van der Waals surface area contributed by atoms with Crippen LogP contribution in [0.3, 0.4) is 0 Å². The zero-order valence-electron chi connectivity index (χ0n) is 13.2. The van der Waals surface area contributed by atoms with Crippen molar-refractivity contribution in [3.63, 3.8) is 0 Å². The molecule has 0 saturated heterocycles. The topological polar surface area (TPSA) is 52.3 Å². The largest absolute Gasteiger partial charge is 0.441 e. The monoisotopic (exact) mass is 375 g/mol. The van der Waals surface area contributed by atoms with Crippen LogP contribution < -0.4 is 4.74 Å². The lowest BCUT2D eigenvalue weighted by Crippen LogP contribution is -2.07. The maximum Gasteiger partial charge on any atom is 0.311 e. The fraction of sp³-hybridized carbons (Fsp3) is 0.158. The summed E-state index contributed by atoms with van der Waals surface area (Å²) in [4.78, 5) is 16.0. The molecule has 1 aromatic heterocycles. The quantitative estimate of drug-likeness (QED) is 0.417. The van der Waals surface area contributed by atoms with E-state index in [0.29, 0.717) is 46.7 Å². The number of para-hydroxylation sites is 1. The van der Waals surface area contributed by atoms with Crippen LogP contribution in [0.25, 0.3) is 11.3 Å². The van der Waals surface area contributed by atoms with Gasteiger partial charge in [0.25, 0.3) is 0 Å². The van der Waals surface area contributed by atoms with Crippen LogP contribution in [0.2, 0.25) is 10.0 Å². The van der Waals surface area contributed by atoms with Gasteiger partial charge in [-0.25, -0.2) is 4.98 Å². The summed E-state index contributed by atoms with van der Waals surface area (Å²) in [5.41, 5.74) is 0.802. The van der Waals surface area contributed by atoms with E-state index in [1.54, 1.807) is 30.5 Å². The first-order valence-corrected chi connectivity index (χ1v) is 8.53. The molecule has 0 bridgehead atoms. The van der Waals surface area contributed by atoms with Crippen molar-refractivity contribution in [3.8, 4) is 17.1 Å². The van der Waals surface area contributed by atoms with Crippen LogP contribution in [-0.4, -0.2) is 11.0 Å². The normalized spacial score (nSPS) is 10.6. The molecule has 3 aromatic rings. The third-order valence-corrected chi connectivity index (χ3v) is 4.24. The molecule has 0 aliphatic heterocycles. The molecule has 0 saturated carbocycles. The molecular formula is C19H15Cl2NO3. The second kappa shape index (κ2) is 8.19. The fourth-order valence-electron chi connectivity index (χ4n) is 2.26. The summed E-state index contributed by atoms with van der Waals surface area (Å²) in [6.07, 6.45) is 3.06. The van der Waals surface area contributed by atoms with Gasteiger partial charge in [-0.2, -0.15) is 0 Å². The number of aromatic nitrogens is 1. The molecule has 25 heavy (non-hydrogen) atoms. The summed E-state index contributed by atoms with van der Waals surface area (Å²) in [5.74, 6) is 1.45. The number of hydrogen-bond donors (Lipinski definition) is 0. The number of esters is 1. The van der Waals surface area contributed by atoms with Crippen molar-refractivity contribution < 1.29 is 13.9 Å². The Kier molecular flexibility index (Phi) is 5.74. The smallest absolute Gasteiger partial charge is 0.311 e. The van der Waals surface area contributed by atoms with E-state index in [9.17, 15) is 4.79 Å². The second-order valence-electron chi connectivity index (χ2n) is 5.39. The van der Waals surface area contributed by atoms with Crippen LogP contribution in [-0.2, 0) is 11.2 Å². The molecular weight excluding hydrogens is 361 g/mol. The molecule has 0 radical (unpaired) electrons. The summed E-state index contributed by atoms with van der Waals surface area (Å²) in [6.45, 7) is 0. The minimum absolute atomic E-state index is 0.275. The van der Waals surface area contributed by atoms with Gasteiger partial charge in [-0.15, -0.1) is 0 Å². The highest BCUT2D eigenvalue weighted by atomic mass is 35.5. The first kappa shape index (κ1) is 17.5. The Morgan fingerprint density at radius 2 is 1.88 bits per heavy atom. The minimum atomic E-state index is -0.275. The zero-order chi connectivity index (χ0) is 17.6. The van der Waals surface area contributed by atoms with Gasteiger partial charge in [-0.1, -0.05) is 41.4 Å². The van der Waals surface area contributed by atoms with Gasteiger partial charge < -0.3 is 9.15 Å². The number of ether oxygens (including phenoxy) is 1. The first-order chi connectivity index (χ1) is 12.1. The van der Waals surface area contributed by atoms with E-state index in [-0.39, 0.29) is 5.97 Å². The number of oxazole rings is 1. The molecule has 6 heteroatoms. The Morgan fingerprint density at radius 1 is 1.08 bits per heavy atom. The molecule has 0 N–H and O–H groups in total. The van der Waals surface area contributed by atoms with E-state index < -0.39 is 0 Å². The first-order valence-electron chi connectivity index (χ1n) is 7.77. The van der Waals surface area contributed by atoms with Gasteiger partial charge >= 0.3 is 5.97 Å². The molecule has 0 atom stereocenters. The molecule has 0 aliphatic rings. The van der Waals surface area contributed by atoms with E-state index in [1.807, 2.05) is 24.3 Å². The molecule has 2 aromatic carbocycles. The van der Waals surface area contributed by atoms with Crippen LogP contribution in [0.1, 0.15) is 18.7 Å². The highest BCUT2D eigenvalue weighted by Crippen LogP contribution is 2.29. The minimum Gasteiger partial charge on any atom is -0.441 e. The number of rotatable bonds is 6. The Balaban J connectivity index is 1.52. The maximum absolute atomic E-state index is 11.8. The lowest BCUT2D eigenvalue weighted by atomic mass is 10.2. The predicted molar refractivity (Wildman–Crippen MR) is 97.0 cm³/mol. The van der Waals surface area contributed by atoms with Gasteiger partial charge in [0, 0.05) is 18.4 Å². The Morgan fingerprint density at radius 3 is 2.64 bits per heavy atom. The summed E-state index contributed by atoms with van der Waals surface area (Å²) >= 11 is 11.9. The van der Waals surface area contributed by atoms with Gasteiger partial charge in [0.15, 0.2) is 11.7 Å². The third kappa shape index (κ3) is 4.84. The molecule has 1 heterocycles. The maximum atomic E-state index is 11.8. The van der Waals surface area contributed by atoms with Gasteiger partial charge in [0.1, 0.15) is 5.75 Å². The molecule has 0 fully saturated rings. The van der Waals surface area contributed by atoms with Crippen LogP contribution in [0.15, 0.2) is 59.1 Å². The van der Waals surface area contributed by atoms with E-state index in [0.717, 1.165) is 5.56 Å². The van der Waals surface area contributed by atoms with Gasteiger partial charge in [0.05, 0.1) is 16.2 Å². The van der Waals surface area contributed by atoms with E-state index in [2.05, 4.69) is 4.98 Å². The van der Waals surface area contributed by atoms with Crippen molar-refractivity contribution in [2.45, 2.75) is 19.3 Å². The summed E-state index contributed by atoms with van der Waals surface area (Å²) in [7, 11) is 0. The van der Waals surface area contributed by atoms with E-state index in [1.165, 1.54) is 0 Å². The van der Waals surface area contributed by atoms with Gasteiger partial charge in [0.2, 0.25) is 0 Å². The van der Waals surface area contributed by atoms with Crippen molar-refractivity contribution in [2.75, 3.05) is 0 Å². The van der Waals surface area contributed by atoms with Crippen molar-refractivity contribution in [1.29, 1.82) is 0 Å². The van der Waals surface area contributed by atoms with Crippen LogP contribution in [0, 0.1) is 0 Å². The van der Waals surface area contributed by atoms with E-state index >= 15 is 0 Å². The van der Waals surface area contributed by atoms with Crippen LogP contribution in [0.5, 0.6) is 5.75 Å². The van der Waals surface area contributed by atoms with Crippen molar-refractivity contribution >= 4 is 29.2 Å². The molecule has 128 valence electrons. The molecule has 0 aliphatic carbocycles. The second-order valence-corrected chi connectivity index (χ2v) is 6.20. The number of hydrogen-bond acceptors (Lipinski definition) is 4. The lowest BCUT2D eigenvalue weighted by Gasteiger charge is -2.03. The average molecular weight is 376 g/mol. The number of halogens is 2. The Labute approximate surface area is 155 Å².